The third-order valence-corrected chi connectivity index (χ3v) is 3.25. The number of aliphatic carboxylic acids is 1. The molecule has 1 aliphatic rings. The number of hydrogen-bond donors (Lipinski definition) is 2. The van der Waals surface area contributed by atoms with Crippen molar-refractivity contribution in [2.45, 2.75) is 19.4 Å². The van der Waals surface area contributed by atoms with Crippen LogP contribution in [0.15, 0.2) is 12.3 Å². The quantitative estimate of drug-likeness (QED) is 0.830. The maximum Gasteiger partial charge on any atom is 0.317 e. The van der Waals surface area contributed by atoms with Crippen molar-refractivity contribution in [2.75, 3.05) is 13.1 Å². The molecule has 0 bridgehead atoms. The number of nitrogens with zero attached hydrogens (tertiary/aromatic N) is 3. The Labute approximate surface area is 111 Å². The molecule has 0 saturated carbocycles. The van der Waals surface area contributed by atoms with Crippen LogP contribution in [0.4, 0.5) is 4.79 Å². The van der Waals surface area contributed by atoms with E-state index < -0.39 is 11.9 Å². The van der Waals surface area contributed by atoms with Crippen LogP contribution < -0.4 is 5.32 Å². The van der Waals surface area contributed by atoms with Crippen LogP contribution in [-0.4, -0.2) is 44.9 Å². The predicted octanol–water partition coefficient (Wildman–Crippen LogP) is 0.426. The van der Waals surface area contributed by atoms with Crippen molar-refractivity contribution in [3.63, 3.8) is 0 Å². The van der Waals surface area contributed by atoms with Gasteiger partial charge in [-0.05, 0) is 18.9 Å². The number of nitrogens with one attached hydrogen (secondary N) is 1. The molecule has 0 unspecified atom stereocenters. The topological polar surface area (TPSA) is 87.5 Å². The number of carboxylic acid groups (broad SMARTS) is 1. The lowest BCUT2D eigenvalue weighted by molar-refractivity contribution is -0.143. The zero-order valence-corrected chi connectivity index (χ0v) is 10.9. The molecule has 1 atom stereocenters. The largest absolute Gasteiger partial charge is 0.481 e. The monoisotopic (exact) mass is 266 g/mol. The summed E-state index contributed by atoms with van der Waals surface area (Å²) >= 11 is 0. The van der Waals surface area contributed by atoms with Gasteiger partial charge >= 0.3 is 12.0 Å². The second-order valence-corrected chi connectivity index (χ2v) is 4.76. The number of aromatic nitrogens is 2. The van der Waals surface area contributed by atoms with Crippen molar-refractivity contribution in [2.24, 2.45) is 13.0 Å². The number of piperidine rings is 1. The van der Waals surface area contributed by atoms with Crippen LogP contribution in [0, 0.1) is 5.92 Å². The molecule has 0 aliphatic carbocycles. The number of carboxylic acids is 1. The molecular formula is C12H18N4O3. The minimum atomic E-state index is -0.831. The second kappa shape index (κ2) is 5.73. The van der Waals surface area contributed by atoms with Gasteiger partial charge in [0.2, 0.25) is 0 Å². The average molecular weight is 266 g/mol. The molecule has 19 heavy (non-hydrogen) atoms. The van der Waals surface area contributed by atoms with Gasteiger partial charge in [-0.25, -0.2) is 4.79 Å². The molecule has 7 nitrogen and oxygen atoms in total. The van der Waals surface area contributed by atoms with Crippen LogP contribution in [0.1, 0.15) is 18.5 Å². The maximum absolute atomic E-state index is 11.9. The number of aryl methyl sites for hydroxylation is 1. The molecule has 1 saturated heterocycles. The zero-order valence-electron chi connectivity index (χ0n) is 10.9. The number of hydrogen-bond acceptors (Lipinski definition) is 3. The Balaban J connectivity index is 1.84. The van der Waals surface area contributed by atoms with Crippen LogP contribution in [0.3, 0.4) is 0 Å². The van der Waals surface area contributed by atoms with Crippen molar-refractivity contribution < 1.29 is 14.7 Å². The van der Waals surface area contributed by atoms with Crippen LogP contribution in [0.5, 0.6) is 0 Å². The molecule has 2 amide bonds. The number of rotatable bonds is 3. The normalized spacial score (nSPS) is 19.2. The minimum Gasteiger partial charge on any atom is -0.481 e. The number of carbonyl (C=O) groups excluding carboxylic acids is 1. The van der Waals surface area contributed by atoms with Crippen LogP contribution >= 0.6 is 0 Å². The summed E-state index contributed by atoms with van der Waals surface area (Å²) in [6, 6.07) is 1.60. The van der Waals surface area contributed by atoms with E-state index in [0.717, 1.165) is 12.1 Å². The van der Waals surface area contributed by atoms with Gasteiger partial charge in [-0.3, -0.25) is 9.48 Å². The molecule has 1 aromatic heterocycles. The van der Waals surface area contributed by atoms with Gasteiger partial charge in [0.15, 0.2) is 0 Å². The summed E-state index contributed by atoms with van der Waals surface area (Å²) in [5, 5.41) is 15.9. The van der Waals surface area contributed by atoms with Crippen LogP contribution in [-0.2, 0) is 18.4 Å². The summed E-state index contributed by atoms with van der Waals surface area (Å²) in [4.78, 5) is 24.4. The lowest BCUT2D eigenvalue weighted by Crippen LogP contribution is -2.46. The van der Waals surface area contributed by atoms with Gasteiger partial charge in [0, 0.05) is 26.3 Å². The van der Waals surface area contributed by atoms with Gasteiger partial charge in [0.1, 0.15) is 0 Å². The molecule has 2 rings (SSSR count). The fourth-order valence-corrected chi connectivity index (χ4v) is 2.20. The summed E-state index contributed by atoms with van der Waals surface area (Å²) in [7, 11) is 1.81. The third kappa shape index (κ3) is 3.46. The van der Waals surface area contributed by atoms with Crippen molar-refractivity contribution in [3.8, 4) is 0 Å². The van der Waals surface area contributed by atoms with E-state index >= 15 is 0 Å². The molecule has 0 spiro atoms. The number of amides is 2. The number of urea groups is 1. The Kier molecular flexibility index (Phi) is 4.03. The summed E-state index contributed by atoms with van der Waals surface area (Å²) in [5.74, 6) is -1.28. The highest BCUT2D eigenvalue weighted by Gasteiger charge is 2.27. The molecule has 2 N–H and O–H groups in total. The average Bonchev–Trinajstić information content (AvgIpc) is 2.82. The minimum absolute atomic E-state index is 0.225. The highest BCUT2D eigenvalue weighted by Crippen LogP contribution is 2.16. The molecule has 0 radical (unpaired) electrons. The molecule has 1 aromatic rings. The van der Waals surface area contributed by atoms with Crippen LogP contribution in [0.25, 0.3) is 0 Å². The summed E-state index contributed by atoms with van der Waals surface area (Å²) in [6.45, 7) is 1.25. The van der Waals surface area contributed by atoms with Crippen molar-refractivity contribution in [1.29, 1.82) is 0 Å². The molecule has 7 heteroatoms. The van der Waals surface area contributed by atoms with Gasteiger partial charge < -0.3 is 15.3 Å². The van der Waals surface area contributed by atoms with Gasteiger partial charge in [-0.15, -0.1) is 0 Å². The van der Waals surface area contributed by atoms with E-state index in [-0.39, 0.29) is 12.6 Å². The first-order valence-electron chi connectivity index (χ1n) is 6.30. The summed E-state index contributed by atoms with van der Waals surface area (Å²) in [6.07, 6.45) is 3.18. The number of carbonyl (C=O) groups is 2. The smallest absolute Gasteiger partial charge is 0.317 e. The van der Waals surface area contributed by atoms with Gasteiger partial charge in [0.25, 0.3) is 0 Å². The van der Waals surface area contributed by atoms with E-state index in [1.807, 2.05) is 19.3 Å². The lowest BCUT2D eigenvalue weighted by Gasteiger charge is -2.30. The Bertz CT molecular complexity index is 471. The molecule has 1 fully saturated rings. The summed E-state index contributed by atoms with van der Waals surface area (Å²) in [5.41, 5.74) is 0.780. The van der Waals surface area contributed by atoms with E-state index in [4.69, 9.17) is 5.11 Å². The first-order valence-corrected chi connectivity index (χ1v) is 6.30. The van der Waals surface area contributed by atoms with Gasteiger partial charge in [-0.2, -0.15) is 5.10 Å². The van der Waals surface area contributed by atoms with Gasteiger partial charge in [0.05, 0.1) is 18.2 Å². The predicted molar refractivity (Wildman–Crippen MR) is 67.4 cm³/mol. The highest BCUT2D eigenvalue weighted by molar-refractivity contribution is 5.76. The van der Waals surface area contributed by atoms with Crippen LogP contribution in [0.2, 0.25) is 0 Å². The fourth-order valence-electron chi connectivity index (χ4n) is 2.20. The first-order chi connectivity index (χ1) is 9.06. The second-order valence-electron chi connectivity index (χ2n) is 4.76. The van der Waals surface area contributed by atoms with Crippen molar-refractivity contribution >= 4 is 12.0 Å². The Morgan fingerprint density at radius 2 is 2.37 bits per heavy atom. The SMILES string of the molecule is Cn1ccc(CNC(=O)N2CCC[C@H](C(=O)O)C2)n1. The molecular weight excluding hydrogens is 248 g/mol. The maximum atomic E-state index is 11.9. The zero-order chi connectivity index (χ0) is 13.8. The standard InChI is InChI=1S/C12H18N4O3/c1-15-6-4-10(14-15)7-13-12(19)16-5-2-3-9(8-16)11(17)18/h4,6,9H,2-3,5,7-8H2,1H3,(H,13,19)(H,17,18)/t9-/m0/s1. The molecule has 2 heterocycles. The van der Waals surface area contributed by atoms with E-state index in [2.05, 4.69) is 10.4 Å². The lowest BCUT2D eigenvalue weighted by atomic mass is 9.99. The first kappa shape index (κ1) is 13.4. The summed E-state index contributed by atoms with van der Waals surface area (Å²) < 4.78 is 1.67. The highest BCUT2D eigenvalue weighted by atomic mass is 16.4. The molecule has 1 aliphatic heterocycles. The van der Waals surface area contributed by atoms with Gasteiger partial charge in [-0.1, -0.05) is 0 Å². The number of likely N-dealkylation sites (tertiary alicyclic amines) is 1. The van der Waals surface area contributed by atoms with E-state index in [1.165, 1.54) is 0 Å². The van der Waals surface area contributed by atoms with Crippen molar-refractivity contribution in [3.05, 3.63) is 18.0 Å². The Morgan fingerprint density at radius 3 is 3.00 bits per heavy atom. The van der Waals surface area contributed by atoms with E-state index in [0.29, 0.717) is 19.5 Å². The van der Waals surface area contributed by atoms with E-state index in [1.54, 1.807) is 9.58 Å². The van der Waals surface area contributed by atoms with Crippen molar-refractivity contribution in [1.82, 2.24) is 20.0 Å². The Hall–Kier alpha value is -2.05. The third-order valence-electron chi connectivity index (χ3n) is 3.25. The Morgan fingerprint density at radius 1 is 1.58 bits per heavy atom. The molecule has 104 valence electrons. The molecule has 0 aromatic carbocycles. The van der Waals surface area contributed by atoms with E-state index in [9.17, 15) is 9.59 Å². The fraction of sp³-hybridized carbons (Fsp3) is 0.583.